The van der Waals surface area contributed by atoms with Gasteiger partial charge in [-0.3, -0.25) is 14.0 Å². The van der Waals surface area contributed by atoms with E-state index in [0.29, 0.717) is 12.2 Å². The lowest BCUT2D eigenvalue weighted by Gasteiger charge is -2.27. The molecule has 1 fully saturated rings. The Morgan fingerprint density at radius 2 is 1.96 bits per heavy atom. The van der Waals surface area contributed by atoms with Crippen LogP contribution in [0.2, 0.25) is 0 Å². The Bertz CT molecular complexity index is 715. The predicted octanol–water partition coefficient (Wildman–Crippen LogP) is 0.908. The summed E-state index contributed by atoms with van der Waals surface area (Å²) in [6.45, 7) is 8.52. The van der Waals surface area contributed by atoms with Crippen molar-refractivity contribution in [3.63, 3.8) is 0 Å². The summed E-state index contributed by atoms with van der Waals surface area (Å²) >= 11 is 0. The average molecular weight is 384 g/mol. The molecule has 26 heavy (non-hydrogen) atoms. The van der Waals surface area contributed by atoms with Gasteiger partial charge in [-0.05, 0) is 31.0 Å². The summed E-state index contributed by atoms with van der Waals surface area (Å²) in [5.74, 6) is -0.141. The van der Waals surface area contributed by atoms with Crippen LogP contribution in [0.3, 0.4) is 0 Å². The number of carbonyl (C=O) groups excluding carboxylic acids is 1. The first-order valence-corrected chi connectivity index (χ1v) is 10.7. The fraction of sp³-hybridized carbons (Fsp3) is 0.611. The van der Waals surface area contributed by atoms with E-state index in [1.165, 1.54) is 10.6 Å². The van der Waals surface area contributed by atoms with Crippen molar-refractivity contribution in [2.24, 2.45) is 0 Å². The van der Waals surface area contributed by atoms with E-state index in [0.717, 1.165) is 44.0 Å². The van der Waals surface area contributed by atoms with E-state index in [9.17, 15) is 13.2 Å². The van der Waals surface area contributed by atoms with Gasteiger partial charge in [0.1, 0.15) is 0 Å². The smallest absolute Gasteiger partial charge is 0.232 e. The molecule has 1 N–H and O–H groups in total. The first-order valence-electron chi connectivity index (χ1n) is 8.90. The Labute approximate surface area is 156 Å². The molecule has 1 amide bonds. The van der Waals surface area contributed by atoms with Crippen LogP contribution in [-0.4, -0.2) is 71.4 Å². The number of sulfonamides is 1. The van der Waals surface area contributed by atoms with Gasteiger partial charge in [-0.2, -0.15) is 0 Å². The van der Waals surface area contributed by atoms with Crippen molar-refractivity contribution in [2.45, 2.75) is 20.3 Å². The van der Waals surface area contributed by atoms with Crippen molar-refractivity contribution in [1.82, 2.24) is 10.2 Å². The number of rotatable bonds is 8. The number of anilines is 1. The van der Waals surface area contributed by atoms with Crippen LogP contribution in [0.15, 0.2) is 18.2 Å². The minimum absolute atomic E-state index is 0.129. The molecular weight excluding hydrogens is 354 g/mol. The largest absolute Gasteiger partial charge is 0.379 e. The van der Waals surface area contributed by atoms with E-state index in [2.05, 4.69) is 10.2 Å². The van der Waals surface area contributed by atoms with E-state index in [1.54, 1.807) is 6.07 Å². The Kier molecular flexibility index (Phi) is 7.43. The van der Waals surface area contributed by atoms with E-state index in [-0.39, 0.29) is 18.9 Å². The highest BCUT2D eigenvalue weighted by atomic mass is 32.2. The van der Waals surface area contributed by atoms with Crippen molar-refractivity contribution in [2.75, 3.05) is 56.5 Å². The van der Waals surface area contributed by atoms with Crippen molar-refractivity contribution in [3.05, 3.63) is 29.3 Å². The molecule has 0 bridgehead atoms. The van der Waals surface area contributed by atoms with Gasteiger partial charge in [-0.25, -0.2) is 8.42 Å². The Morgan fingerprint density at radius 3 is 2.62 bits per heavy atom. The number of carbonyl (C=O) groups is 1. The molecule has 0 atom stereocenters. The highest BCUT2D eigenvalue weighted by Crippen LogP contribution is 2.25. The van der Waals surface area contributed by atoms with Crippen LogP contribution in [0.1, 0.15) is 17.5 Å². The maximum absolute atomic E-state index is 12.2. The first-order chi connectivity index (χ1) is 12.3. The van der Waals surface area contributed by atoms with Crippen LogP contribution in [-0.2, 0) is 19.6 Å². The first kappa shape index (κ1) is 20.7. The summed E-state index contributed by atoms with van der Waals surface area (Å²) in [5.41, 5.74) is 2.56. The number of aryl methyl sites for hydroxylation is 1. The number of hydrogen-bond donors (Lipinski definition) is 1. The summed E-state index contributed by atoms with van der Waals surface area (Å²) in [4.78, 5) is 14.4. The number of amides is 1. The van der Waals surface area contributed by atoms with Crippen LogP contribution < -0.4 is 9.62 Å². The van der Waals surface area contributed by atoms with Crippen molar-refractivity contribution in [3.8, 4) is 0 Å². The van der Waals surface area contributed by atoms with Gasteiger partial charge in [0.15, 0.2) is 0 Å². The lowest BCUT2D eigenvalue weighted by molar-refractivity contribution is -0.120. The molecule has 7 nitrogen and oxygen atoms in total. The zero-order valence-electron chi connectivity index (χ0n) is 15.8. The normalized spacial score (nSPS) is 15.7. The maximum atomic E-state index is 12.2. The molecule has 146 valence electrons. The topological polar surface area (TPSA) is 79.0 Å². The molecule has 0 radical (unpaired) electrons. The van der Waals surface area contributed by atoms with Gasteiger partial charge in [0, 0.05) is 39.1 Å². The van der Waals surface area contributed by atoms with Crippen molar-refractivity contribution < 1.29 is 17.9 Å². The molecule has 0 unspecified atom stereocenters. The number of benzene rings is 1. The van der Waals surface area contributed by atoms with Gasteiger partial charge >= 0.3 is 0 Å². The van der Waals surface area contributed by atoms with E-state index < -0.39 is 10.0 Å². The van der Waals surface area contributed by atoms with E-state index in [4.69, 9.17) is 4.74 Å². The lowest BCUT2D eigenvalue weighted by atomic mass is 10.1. The van der Waals surface area contributed by atoms with Gasteiger partial charge in [0.05, 0.1) is 25.2 Å². The summed E-state index contributed by atoms with van der Waals surface area (Å²) in [6, 6.07) is 5.55. The number of morpholine rings is 1. The molecule has 1 saturated heterocycles. The fourth-order valence-corrected chi connectivity index (χ4v) is 3.92. The zero-order valence-corrected chi connectivity index (χ0v) is 16.6. The zero-order chi connectivity index (χ0) is 19.2. The maximum Gasteiger partial charge on any atom is 0.232 e. The Hall–Kier alpha value is -1.64. The molecule has 0 saturated carbocycles. The summed E-state index contributed by atoms with van der Waals surface area (Å²) in [6.07, 6.45) is 1.30. The van der Waals surface area contributed by atoms with Crippen LogP contribution in [0.5, 0.6) is 0 Å². The molecule has 1 aromatic rings. The Morgan fingerprint density at radius 1 is 1.27 bits per heavy atom. The predicted molar refractivity (Wildman–Crippen MR) is 103 cm³/mol. The third-order valence-corrected chi connectivity index (χ3v) is 5.82. The number of nitrogens with one attached hydrogen (secondary N) is 1. The standard InChI is InChI=1S/C18H29N3O4S/c1-15-5-4-6-17(16(15)2)21(26(3,23)24)9-7-18(22)19-8-10-20-11-13-25-14-12-20/h4-6H,7-14H2,1-3H3,(H,19,22). The number of hydrogen-bond acceptors (Lipinski definition) is 5. The second-order valence-electron chi connectivity index (χ2n) is 6.61. The van der Waals surface area contributed by atoms with Crippen LogP contribution in [0.25, 0.3) is 0 Å². The van der Waals surface area contributed by atoms with E-state index >= 15 is 0 Å². The summed E-state index contributed by atoms with van der Waals surface area (Å²) < 4.78 is 31.0. The number of ether oxygens (including phenoxy) is 1. The van der Waals surface area contributed by atoms with Crippen LogP contribution in [0.4, 0.5) is 5.69 Å². The molecule has 1 aliphatic heterocycles. The SMILES string of the molecule is Cc1cccc(N(CCC(=O)NCCN2CCOCC2)S(C)(=O)=O)c1C. The average Bonchev–Trinajstić information content (AvgIpc) is 2.58. The molecular formula is C18H29N3O4S. The van der Waals surface area contributed by atoms with Crippen LogP contribution >= 0.6 is 0 Å². The highest BCUT2D eigenvalue weighted by Gasteiger charge is 2.20. The van der Waals surface area contributed by atoms with Gasteiger partial charge in [-0.1, -0.05) is 12.1 Å². The molecule has 0 aromatic heterocycles. The molecule has 1 aliphatic rings. The molecule has 1 heterocycles. The lowest BCUT2D eigenvalue weighted by Crippen LogP contribution is -2.42. The second-order valence-corrected chi connectivity index (χ2v) is 8.51. The summed E-state index contributed by atoms with van der Waals surface area (Å²) in [7, 11) is -3.46. The van der Waals surface area contributed by atoms with Gasteiger partial charge in [0.25, 0.3) is 0 Å². The third-order valence-electron chi connectivity index (χ3n) is 4.64. The minimum atomic E-state index is -3.46. The van der Waals surface area contributed by atoms with Crippen molar-refractivity contribution >= 4 is 21.6 Å². The van der Waals surface area contributed by atoms with Crippen LogP contribution in [0, 0.1) is 13.8 Å². The molecule has 8 heteroatoms. The van der Waals surface area contributed by atoms with Crippen molar-refractivity contribution in [1.29, 1.82) is 0 Å². The molecule has 0 spiro atoms. The Balaban J connectivity index is 1.89. The quantitative estimate of drug-likeness (QED) is 0.722. The molecule has 0 aliphatic carbocycles. The summed E-state index contributed by atoms with van der Waals surface area (Å²) in [5, 5.41) is 2.87. The minimum Gasteiger partial charge on any atom is -0.379 e. The third kappa shape index (κ3) is 5.96. The van der Waals surface area contributed by atoms with Gasteiger partial charge in [-0.15, -0.1) is 0 Å². The van der Waals surface area contributed by atoms with Gasteiger partial charge < -0.3 is 10.1 Å². The van der Waals surface area contributed by atoms with Gasteiger partial charge in [0.2, 0.25) is 15.9 Å². The monoisotopic (exact) mass is 383 g/mol. The fourth-order valence-electron chi connectivity index (χ4n) is 2.94. The van der Waals surface area contributed by atoms with E-state index in [1.807, 2.05) is 26.0 Å². The number of nitrogens with zero attached hydrogens (tertiary/aromatic N) is 2. The molecule has 1 aromatic carbocycles. The second kappa shape index (κ2) is 9.34. The highest BCUT2D eigenvalue weighted by molar-refractivity contribution is 7.92. The molecule has 2 rings (SSSR count).